The highest BCUT2D eigenvalue weighted by atomic mass is 16.2. The van der Waals surface area contributed by atoms with Crippen LogP contribution in [0.1, 0.15) is 58.3 Å². The third-order valence-electron chi connectivity index (χ3n) is 3.54. The van der Waals surface area contributed by atoms with E-state index in [1.54, 1.807) is 0 Å². The standard InChI is InChI=1S/C15H25NO/c1-3-12-16(13-4-2)15(17)14-10-8-6-5-7-9-11-14/h1,14H,4-13H2,2H3. The van der Waals surface area contributed by atoms with Gasteiger partial charge >= 0.3 is 0 Å². The van der Waals surface area contributed by atoms with Crippen LogP contribution in [0, 0.1) is 18.3 Å². The molecule has 1 saturated carbocycles. The van der Waals surface area contributed by atoms with Crippen molar-refractivity contribution < 1.29 is 4.79 Å². The molecule has 1 amide bonds. The molecule has 96 valence electrons. The van der Waals surface area contributed by atoms with Crippen LogP contribution in [0.15, 0.2) is 0 Å². The zero-order chi connectivity index (χ0) is 12.5. The van der Waals surface area contributed by atoms with Gasteiger partial charge in [-0.1, -0.05) is 44.9 Å². The first-order valence-electron chi connectivity index (χ1n) is 7.01. The van der Waals surface area contributed by atoms with Gasteiger partial charge in [0, 0.05) is 12.5 Å². The van der Waals surface area contributed by atoms with E-state index >= 15 is 0 Å². The maximum atomic E-state index is 12.4. The lowest BCUT2D eigenvalue weighted by Crippen LogP contribution is -2.37. The highest BCUT2D eigenvalue weighted by Gasteiger charge is 2.23. The van der Waals surface area contributed by atoms with Crippen LogP contribution in [0.3, 0.4) is 0 Å². The predicted molar refractivity (Wildman–Crippen MR) is 71.5 cm³/mol. The summed E-state index contributed by atoms with van der Waals surface area (Å²) in [6.07, 6.45) is 14.8. The Morgan fingerprint density at radius 3 is 2.35 bits per heavy atom. The Morgan fingerprint density at radius 2 is 1.82 bits per heavy atom. The maximum Gasteiger partial charge on any atom is 0.226 e. The summed E-state index contributed by atoms with van der Waals surface area (Å²) < 4.78 is 0. The number of hydrogen-bond donors (Lipinski definition) is 0. The summed E-state index contributed by atoms with van der Waals surface area (Å²) in [5.74, 6) is 3.14. The largest absolute Gasteiger partial charge is 0.331 e. The molecule has 17 heavy (non-hydrogen) atoms. The lowest BCUT2D eigenvalue weighted by Gasteiger charge is -2.26. The molecule has 0 atom stereocenters. The lowest BCUT2D eigenvalue weighted by atomic mass is 9.90. The molecule has 2 nitrogen and oxygen atoms in total. The van der Waals surface area contributed by atoms with Crippen molar-refractivity contribution in [3.63, 3.8) is 0 Å². The molecule has 0 spiro atoms. The number of terminal acetylenes is 1. The summed E-state index contributed by atoms with van der Waals surface area (Å²) in [4.78, 5) is 14.2. The van der Waals surface area contributed by atoms with Gasteiger partial charge in [0.2, 0.25) is 5.91 Å². The first-order chi connectivity index (χ1) is 8.29. The van der Waals surface area contributed by atoms with Gasteiger partial charge in [0.15, 0.2) is 0 Å². The molecule has 0 radical (unpaired) electrons. The number of hydrogen-bond acceptors (Lipinski definition) is 1. The van der Waals surface area contributed by atoms with Crippen LogP contribution in [0.25, 0.3) is 0 Å². The van der Waals surface area contributed by atoms with Crippen molar-refractivity contribution in [3.05, 3.63) is 0 Å². The molecule has 0 aromatic heterocycles. The van der Waals surface area contributed by atoms with Crippen LogP contribution in [0.2, 0.25) is 0 Å². The first kappa shape index (κ1) is 14.1. The molecule has 0 saturated heterocycles. The Morgan fingerprint density at radius 1 is 1.24 bits per heavy atom. The smallest absolute Gasteiger partial charge is 0.226 e. The van der Waals surface area contributed by atoms with Crippen molar-refractivity contribution in [2.24, 2.45) is 5.92 Å². The fraction of sp³-hybridized carbons (Fsp3) is 0.800. The summed E-state index contributed by atoms with van der Waals surface area (Å²) in [5, 5.41) is 0. The quantitative estimate of drug-likeness (QED) is 0.685. The van der Waals surface area contributed by atoms with E-state index in [1.165, 1.54) is 32.1 Å². The second-order valence-electron chi connectivity index (χ2n) is 5.01. The Labute approximate surface area is 106 Å². The molecular formula is C15H25NO. The van der Waals surface area contributed by atoms with Crippen LogP contribution in [-0.4, -0.2) is 23.9 Å². The highest BCUT2D eigenvalue weighted by Crippen LogP contribution is 2.24. The molecule has 1 rings (SSSR count). The minimum absolute atomic E-state index is 0.232. The van der Waals surface area contributed by atoms with Crippen molar-refractivity contribution >= 4 is 5.91 Å². The summed E-state index contributed by atoms with van der Waals surface area (Å²) in [6.45, 7) is 3.37. The Hall–Kier alpha value is -0.970. The van der Waals surface area contributed by atoms with Gasteiger partial charge in [0.25, 0.3) is 0 Å². The molecule has 0 aliphatic heterocycles. The van der Waals surface area contributed by atoms with E-state index in [4.69, 9.17) is 6.42 Å². The van der Waals surface area contributed by atoms with Gasteiger partial charge in [-0.2, -0.15) is 0 Å². The third kappa shape index (κ3) is 4.81. The molecule has 1 fully saturated rings. The number of rotatable bonds is 4. The third-order valence-corrected chi connectivity index (χ3v) is 3.54. The fourth-order valence-electron chi connectivity index (χ4n) is 2.61. The Bertz CT molecular complexity index is 259. The van der Waals surface area contributed by atoms with E-state index in [0.717, 1.165) is 25.8 Å². The van der Waals surface area contributed by atoms with Crippen LogP contribution < -0.4 is 0 Å². The molecule has 0 unspecified atom stereocenters. The zero-order valence-electron chi connectivity index (χ0n) is 11.1. The summed E-state index contributed by atoms with van der Waals surface area (Å²) >= 11 is 0. The highest BCUT2D eigenvalue weighted by molar-refractivity contribution is 5.79. The van der Waals surface area contributed by atoms with Gasteiger partial charge < -0.3 is 4.90 Å². The van der Waals surface area contributed by atoms with Gasteiger partial charge in [0.1, 0.15) is 0 Å². The molecule has 0 N–H and O–H groups in total. The van der Waals surface area contributed by atoms with Gasteiger partial charge in [-0.25, -0.2) is 0 Å². The van der Waals surface area contributed by atoms with Gasteiger partial charge in [0.05, 0.1) is 6.54 Å². The topological polar surface area (TPSA) is 20.3 Å². The maximum absolute atomic E-state index is 12.4. The number of carbonyl (C=O) groups is 1. The molecule has 1 aliphatic rings. The van der Waals surface area contributed by atoms with Crippen LogP contribution in [-0.2, 0) is 4.79 Å². The molecule has 2 heteroatoms. The van der Waals surface area contributed by atoms with Gasteiger partial charge in [-0.3, -0.25) is 4.79 Å². The minimum Gasteiger partial charge on any atom is -0.331 e. The van der Waals surface area contributed by atoms with Gasteiger partial charge in [-0.15, -0.1) is 6.42 Å². The summed E-state index contributed by atoms with van der Waals surface area (Å²) in [5.41, 5.74) is 0. The minimum atomic E-state index is 0.232. The number of carbonyl (C=O) groups excluding carboxylic acids is 1. The van der Waals surface area contributed by atoms with E-state index in [2.05, 4.69) is 12.8 Å². The van der Waals surface area contributed by atoms with Crippen molar-refractivity contribution in [2.75, 3.05) is 13.1 Å². The zero-order valence-corrected chi connectivity index (χ0v) is 11.1. The molecular weight excluding hydrogens is 210 g/mol. The first-order valence-corrected chi connectivity index (χ1v) is 7.01. The van der Waals surface area contributed by atoms with E-state index in [1.807, 2.05) is 4.90 Å². The van der Waals surface area contributed by atoms with Crippen molar-refractivity contribution in [1.29, 1.82) is 0 Å². The van der Waals surface area contributed by atoms with Crippen molar-refractivity contribution in [2.45, 2.75) is 58.3 Å². The molecule has 0 aromatic carbocycles. The number of amides is 1. The summed E-state index contributed by atoms with van der Waals surface area (Å²) in [6, 6.07) is 0. The molecule has 0 aromatic rings. The van der Waals surface area contributed by atoms with Gasteiger partial charge in [-0.05, 0) is 19.3 Å². The van der Waals surface area contributed by atoms with Crippen molar-refractivity contribution in [1.82, 2.24) is 4.90 Å². The second kappa shape index (κ2) is 8.17. The average Bonchev–Trinajstić information content (AvgIpc) is 2.27. The van der Waals surface area contributed by atoms with Crippen LogP contribution in [0.4, 0.5) is 0 Å². The normalized spacial score (nSPS) is 17.9. The van der Waals surface area contributed by atoms with E-state index < -0.39 is 0 Å². The van der Waals surface area contributed by atoms with E-state index in [0.29, 0.717) is 12.5 Å². The predicted octanol–water partition coefficient (Wildman–Crippen LogP) is 3.22. The van der Waals surface area contributed by atoms with E-state index in [9.17, 15) is 4.79 Å². The monoisotopic (exact) mass is 235 g/mol. The number of nitrogens with zero attached hydrogens (tertiary/aromatic N) is 1. The lowest BCUT2D eigenvalue weighted by molar-refractivity contribution is -0.135. The second-order valence-corrected chi connectivity index (χ2v) is 5.01. The van der Waals surface area contributed by atoms with E-state index in [-0.39, 0.29) is 5.92 Å². The van der Waals surface area contributed by atoms with Crippen molar-refractivity contribution in [3.8, 4) is 12.3 Å². The molecule has 1 aliphatic carbocycles. The fourth-order valence-corrected chi connectivity index (χ4v) is 2.61. The Balaban J connectivity index is 2.54. The molecule has 0 heterocycles. The van der Waals surface area contributed by atoms with Crippen LogP contribution in [0.5, 0.6) is 0 Å². The Kier molecular flexibility index (Phi) is 6.77. The summed E-state index contributed by atoms with van der Waals surface area (Å²) in [7, 11) is 0. The molecule has 0 bridgehead atoms. The average molecular weight is 235 g/mol. The SMILES string of the molecule is C#CCN(CCC)C(=O)C1CCCCCCC1. The van der Waals surface area contributed by atoms with Crippen LogP contribution >= 0.6 is 0 Å².